The van der Waals surface area contributed by atoms with Crippen LogP contribution in [0.2, 0.25) is 0 Å². The first-order valence-electron chi connectivity index (χ1n) is 11.8. The lowest BCUT2D eigenvalue weighted by Gasteiger charge is -2.48. The second-order valence-corrected chi connectivity index (χ2v) is 10.0. The number of hydrogen-bond donors (Lipinski definition) is 1. The summed E-state index contributed by atoms with van der Waals surface area (Å²) >= 11 is 0. The van der Waals surface area contributed by atoms with E-state index in [0.29, 0.717) is 11.8 Å². The zero-order chi connectivity index (χ0) is 21.5. The van der Waals surface area contributed by atoms with Gasteiger partial charge in [-0.15, -0.1) is 0 Å². The highest BCUT2D eigenvalue weighted by molar-refractivity contribution is 5.83. The van der Waals surface area contributed by atoms with Crippen molar-refractivity contribution in [3.05, 3.63) is 69.6 Å². The summed E-state index contributed by atoms with van der Waals surface area (Å²) in [6.07, 6.45) is 3.94. The molecule has 1 N–H and O–H groups in total. The van der Waals surface area contributed by atoms with Gasteiger partial charge < -0.3 is 14.8 Å². The van der Waals surface area contributed by atoms with Crippen molar-refractivity contribution in [2.75, 3.05) is 13.1 Å². The van der Waals surface area contributed by atoms with Crippen LogP contribution < -0.4 is 10.9 Å². The largest absolute Gasteiger partial charge is 0.340 e. The minimum Gasteiger partial charge on any atom is -0.340 e. The van der Waals surface area contributed by atoms with E-state index in [2.05, 4.69) is 59.0 Å². The van der Waals surface area contributed by atoms with Gasteiger partial charge in [-0.2, -0.15) is 0 Å². The van der Waals surface area contributed by atoms with Gasteiger partial charge >= 0.3 is 0 Å². The smallest absolute Gasteiger partial charge is 0.250 e. The van der Waals surface area contributed by atoms with Crippen molar-refractivity contribution in [1.29, 1.82) is 0 Å². The number of benzene rings is 1. The van der Waals surface area contributed by atoms with E-state index in [1.165, 1.54) is 11.1 Å². The zero-order valence-corrected chi connectivity index (χ0v) is 18.6. The Labute approximate surface area is 184 Å². The molecule has 1 amide bonds. The second kappa shape index (κ2) is 8.27. The summed E-state index contributed by atoms with van der Waals surface area (Å²) in [5, 5.41) is 3.47. The number of fused-ring (bicyclic) bond motifs is 5. The number of aromatic nitrogens is 1. The van der Waals surface area contributed by atoms with Gasteiger partial charge in [-0.1, -0.05) is 44.2 Å². The number of nitrogens with zero attached hydrogens (tertiary/aromatic N) is 2. The minimum atomic E-state index is -0.152. The Bertz CT molecular complexity index is 1030. The Morgan fingerprint density at radius 1 is 1.10 bits per heavy atom. The van der Waals surface area contributed by atoms with Crippen LogP contribution in [0.5, 0.6) is 0 Å². The van der Waals surface area contributed by atoms with E-state index in [-0.39, 0.29) is 29.5 Å². The molecule has 0 spiro atoms. The van der Waals surface area contributed by atoms with Gasteiger partial charge in [0.05, 0.1) is 6.04 Å². The summed E-state index contributed by atoms with van der Waals surface area (Å²) in [7, 11) is 0. The molecule has 4 heterocycles. The first-order valence-corrected chi connectivity index (χ1v) is 11.8. The molecule has 0 aliphatic carbocycles. The number of pyridine rings is 1. The van der Waals surface area contributed by atoms with Gasteiger partial charge in [-0.3, -0.25) is 9.59 Å². The van der Waals surface area contributed by atoms with Crippen molar-refractivity contribution in [2.24, 2.45) is 11.8 Å². The van der Waals surface area contributed by atoms with Gasteiger partial charge in [-0.05, 0) is 54.7 Å². The maximum absolute atomic E-state index is 13.5. The number of hydrogen-bond acceptors (Lipinski definition) is 3. The van der Waals surface area contributed by atoms with E-state index in [9.17, 15) is 9.59 Å². The molecular weight excluding hydrogens is 386 g/mol. The molecule has 2 aromatic rings. The van der Waals surface area contributed by atoms with E-state index in [0.717, 1.165) is 51.0 Å². The standard InChI is InChI=1S/C26H33N3O2/c1-17(2)10-11-24-21-12-20(23-8-5-9-25(30)29(23)24)15-28(16-21)26(31)22-13-18-6-3-4-7-19(18)14-27-22/h3-9,17,20-22,24,27H,10-16H2,1-2H3/t20-,21+,22-,24+/m1/s1. The second-order valence-electron chi connectivity index (χ2n) is 10.0. The van der Waals surface area contributed by atoms with Gasteiger partial charge in [0.25, 0.3) is 5.56 Å². The molecule has 2 bridgehead atoms. The van der Waals surface area contributed by atoms with Crippen molar-refractivity contribution in [3.63, 3.8) is 0 Å². The summed E-state index contributed by atoms with van der Waals surface area (Å²) in [6, 6.07) is 14.1. The third-order valence-corrected chi connectivity index (χ3v) is 7.53. The van der Waals surface area contributed by atoms with Crippen LogP contribution in [0.15, 0.2) is 47.3 Å². The van der Waals surface area contributed by atoms with Crippen LogP contribution in [0.4, 0.5) is 0 Å². The molecule has 31 heavy (non-hydrogen) atoms. The summed E-state index contributed by atoms with van der Waals surface area (Å²) in [5.41, 5.74) is 3.82. The Kier molecular flexibility index (Phi) is 5.47. The van der Waals surface area contributed by atoms with E-state index in [1.54, 1.807) is 6.07 Å². The molecule has 4 atom stereocenters. The average Bonchev–Trinajstić information content (AvgIpc) is 2.78. The molecule has 0 unspecified atom stereocenters. The number of piperidine rings is 1. The van der Waals surface area contributed by atoms with E-state index in [1.807, 2.05) is 6.07 Å². The molecular formula is C26H33N3O2. The maximum Gasteiger partial charge on any atom is 0.250 e. The SMILES string of the molecule is CC(C)CC[C@H]1[C@H]2C[C@H](CN(C(=O)[C@H]3Cc4ccccc4CN3)C2)c2cccc(=O)n21. The Morgan fingerprint density at radius 2 is 1.90 bits per heavy atom. The lowest BCUT2D eigenvalue weighted by atomic mass is 9.76. The van der Waals surface area contributed by atoms with Crippen molar-refractivity contribution >= 4 is 5.91 Å². The fourth-order valence-electron chi connectivity index (χ4n) is 5.94. The molecule has 1 saturated heterocycles. The van der Waals surface area contributed by atoms with Crippen LogP contribution >= 0.6 is 0 Å². The van der Waals surface area contributed by atoms with Crippen molar-refractivity contribution in [1.82, 2.24) is 14.8 Å². The van der Waals surface area contributed by atoms with Gasteiger partial charge in [0.2, 0.25) is 5.91 Å². The monoisotopic (exact) mass is 419 g/mol. The van der Waals surface area contributed by atoms with Gasteiger partial charge in [-0.25, -0.2) is 0 Å². The van der Waals surface area contributed by atoms with Crippen LogP contribution in [0.25, 0.3) is 0 Å². The molecule has 164 valence electrons. The number of likely N-dealkylation sites (tertiary alicyclic amines) is 1. The highest BCUT2D eigenvalue weighted by Crippen LogP contribution is 2.43. The number of nitrogens with one attached hydrogen (secondary N) is 1. The van der Waals surface area contributed by atoms with Crippen molar-refractivity contribution in [2.45, 2.75) is 64.1 Å². The van der Waals surface area contributed by atoms with E-state index >= 15 is 0 Å². The number of carbonyl (C=O) groups is 1. The molecule has 5 rings (SSSR count). The predicted octanol–water partition coefficient (Wildman–Crippen LogP) is 3.49. The van der Waals surface area contributed by atoms with Crippen LogP contribution in [0.1, 0.15) is 61.9 Å². The molecule has 5 heteroatoms. The third-order valence-electron chi connectivity index (χ3n) is 7.53. The number of amides is 1. The molecule has 1 fully saturated rings. The number of rotatable bonds is 4. The van der Waals surface area contributed by atoms with E-state index in [4.69, 9.17) is 0 Å². The topological polar surface area (TPSA) is 54.3 Å². The van der Waals surface area contributed by atoms with Crippen LogP contribution in [-0.2, 0) is 17.8 Å². The summed E-state index contributed by atoms with van der Waals surface area (Å²) in [6.45, 7) is 6.71. The molecule has 3 aliphatic heterocycles. The van der Waals surface area contributed by atoms with Crippen LogP contribution in [0.3, 0.4) is 0 Å². The van der Waals surface area contributed by atoms with Crippen molar-refractivity contribution < 1.29 is 4.79 Å². The van der Waals surface area contributed by atoms with E-state index < -0.39 is 0 Å². The van der Waals surface area contributed by atoms with Crippen LogP contribution in [-0.4, -0.2) is 34.5 Å². The lowest BCUT2D eigenvalue weighted by molar-refractivity contribution is -0.136. The Balaban J connectivity index is 1.39. The number of carbonyl (C=O) groups excluding carboxylic acids is 1. The fourth-order valence-corrected chi connectivity index (χ4v) is 5.94. The first-order chi connectivity index (χ1) is 15.0. The maximum atomic E-state index is 13.5. The minimum absolute atomic E-state index is 0.117. The fraction of sp³-hybridized carbons (Fsp3) is 0.538. The Morgan fingerprint density at radius 3 is 2.71 bits per heavy atom. The predicted molar refractivity (Wildman–Crippen MR) is 122 cm³/mol. The summed E-state index contributed by atoms with van der Waals surface area (Å²) in [5.74, 6) is 1.43. The average molecular weight is 420 g/mol. The highest BCUT2D eigenvalue weighted by atomic mass is 16.2. The van der Waals surface area contributed by atoms with Gasteiger partial charge in [0, 0.05) is 43.4 Å². The summed E-state index contributed by atoms with van der Waals surface area (Å²) < 4.78 is 2.07. The van der Waals surface area contributed by atoms with Crippen LogP contribution in [0, 0.1) is 11.8 Å². The Hall–Kier alpha value is -2.40. The molecule has 0 saturated carbocycles. The molecule has 3 aliphatic rings. The van der Waals surface area contributed by atoms with Gasteiger partial charge in [0.15, 0.2) is 0 Å². The molecule has 1 aromatic heterocycles. The first kappa shape index (κ1) is 20.5. The lowest BCUT2D eigenvalue weighted by Crippen LogP contribution is -2.56. The van der Waals surface area contributed by atoms with Gasteiger partial charge in [0.1, 0.15) is 0 Å². The van der Waals surface area contributed by atoms with Crippen molar-refractivity contribution in [3.8, 4) is 0 Å². The summed E-state index contributed by atoms with van der Waals surface area (Å²) in [4.78, 5) is 28.4. The normalized spacial score (nSPS) is 27.0. The molecule has 0 radical (unpaired) electrons. The zero-order valence-electron chi connectivity index (χ0n) is 18.6. The molecule has 1 aromatic carbocycles. The third kappa shape index (κ3) is 3.84. The highest BCUT2D eigenvalue weighted by Gasteiger charge is 2.42. The molecule has 5 nitrogen and oxygen atoms in total. The quantitative estimate of drug-likeness (QED) is 0.825.